The van der Waals surface area contributed by atoms with E-state index in [0.29, 0.717) is 13.2 Å². The molecular weight excluding hydrogens is 264 g/mol. The highest BCUT2D eigenvalue weighted by Crippen LogP contribution is 2.30. The van der Waals surface area contributed by atoms with Crippen LogP contribution in [0.5, 0.6) is 5.75 Å². The second kappa shape index (κ2) is 5.85. The predicted molar refractivity (Wildman–Crippen MR) is 81.8 cm³/mol. The van der Waals surface area contributed by atoms with Crippen molar-refractivity contribution in [1.29, 1.82) is 0 Å². The van der Waals surface area contributed by atoms with Crippen molar-refractivity contribution in [2.24, 2.45) is 5.84 Å². The molecule has 0 saturated heterocycles. The largest absolute Gasteiger partial charge is 0.497 e. The summed E-state index contributed by atoms with van der Waals surface area (Å²) in [7, 11) is 1.67. The Morgan fingerprint density at radius 1 is 1.14 bits per heavy atom. The minimum atomic E-state index is -0.0400. The number of ether oxygens (including phenoxy) is 2. The number of nitrogens with two attached hydrogens (primary N) is 1. The average Bonchev–Trinajstić information content (AvgIpc) is 2.97. The molecule has 0 fully saturated rings. The van der Waals surface area contributed by atoms with Gasteiger partial charge in [-0.2, -0.15) is 0 Å². The van der Waals surface area contributed by atoms with Crippen molar-refractivity contribution in [3.63, 3.8) is 0 Å². The van der Waals surface area contributed by atoms with Crippen LogP contribution in [0.15, 0.2) is 36.4 Å². The summed E-state index contributed by atoms with van der Waals surface area (Å²) in [5.41, 5.74) is 8.88. The number of methoxy groups -OCH3 is 1. The number of hydrazine groups is 1. The summed E-state index contributed by atoms with van der Waals surface area (Å²) in [6, 6.07) is 12.4. The monoisotopic (exact) mass is 284 g/mol. The lowest BCUT2D eigenvalue weighted by molar-refractivity contribution is 0.134. The molecule has 0 aliphatic carbocycles. The van der Waals surface area contributed by atoms with Crippen LogP contribution < -0.4 is 16.0 Å². The normalized spacial score (nSPS) is 14.8. The van der Waals surface area contributed by atoms with Crippen LogP contribution in [-0.2, 0) is 18.0 Å². The molecule has 2 aromatic carbocycles. The van der Waals surface area contributed by atoms with Crippen molar-refractivity contribution >= 4 is 0 Å². The van der Waals surface area contributed by atoms with Crippen LogP contribution in [0.4, 0.5) is 0 Å². The fraction of sp³-hybridized carbons (Fsp3) is 0.294. The molecule has 1 aliphatic rings. The molecule has 21 heavy (non-hydrogen) atoms. The number of hydrogen-bond acceptors (Lipinski definition) is 4. The van der Waals surface area contributed by atoms with Crippen LogP contribution in [0.3, 0.4) is 0 Å². The summed E-state index contributed by atoms with van der Waals surface area (Å²) < 4.78 is 10.7. The fourth-order valence-corrected chi connectivity index (χ4v) is 2.84. The molecule has 3 N–H and O–H groups in total. The second-order valence-electron chi connectivity index (χ2n) is 5.34. The van der Waals surface area contributed by atoms with E-state index in [0.717, 1.165) is 22.4 Å². The van der Waals surface area contributed by atoms with Gasteiger partial charge >= 0.3 is 0 Å². The van der Waals surface area contributed by atoms with Crippen LogP contribution in [0.1, 0.15) is 33.9 Å². The van der Waals surface area contributed by atoms with E-state index in [4.69, 9.17) is 15.3 Å². The van der Waals surface area contributed by atoms with Crippen molar-refractivity contribution in [1.82, 2.24) is 5.43 Å². The van der Waals surface area contributed by atoms with Gasteiger partial charge in [-0.3, -0.25) is 5.84 Å². The van der Waals surface area contributed by atoms with Crippen LogP contribution in [-0.4, -0.2) is 7.11 Å². The summed E-state index contributed by atoms with van der Waals surface area (Å²) >= 11 is 0. The Morgan fingerprint density at radius 3 is 2.67 bits per heavy atom. The third kappa shape index (κ3) is 2.65. The minimum absolute atomic E-state index is 0.0400. The van der Waals surface area contributed by atoms with Gasteiger partial charge in [0.1, 0.15) is 5.75 Å². The fourth-order valence-electron chi connectivity index (χ4n) is 2.84. The number of nitrogens with one attached hydrogen (secondary N) is 1. The first kappa shape index (κ1) is 14.1. The topological polar surface area (TPSA) is 56.5 Å². The molecule has 2 aromatic rings. The first-order chi connectivity index (χ1) is 10.2. The minimum Gasteiger partial charge on any atom is -0.497 e. The van der Waals surface area contributed by atoms with Crippen molar-refractivity contribution < 1.29 is 9.47 Å². The zero-order valence-corrected chi connectivity index (χ0v) is 12.3. The lowest BCUT2D eigenvalue weighted by Crippen LogP contribution is -2.29. The molecule has 1 atom stereocenters. The van der Waals surface area contributed by atoms with Crippen LogP contribution in [0.2, 0.25) is 0 Å². The van der Waals surface area contributed by atoms with Gasteiger partial charge in [0.2, 0.25) is 0 Å². The van der Waals surface area contributed by atoms with Gasteiger partial charge in [0.25, 0.3) is 0 Å². The van der Waals surface area contributed by atoms with E-state index in [-0.39, 0.29) is 6.04 Å². The average molecular weight is 284 g/mol. The summed E-state index contributed by atoms with van der Waals surface area (Å²) in [5.74, 6) is 6.66. The third-order valence-corrected chi connectivity index (χ3v) is 4.03. The molecule has 3 rings (SSSR count). The summed E-state index contributed by atoms with van der Waals surface area (Å²) in [4.78, 5) is 0. The molecule has 0 spiro atoms. The molecule has 0 amide bonds. The zero-order chi connectivity index (χ0) is 14.8. The molecule has 110 valence electrons. The molecular formula is C17H20N2O2. The zero-order valence-electron chi connectivity index (χ0n) is 12.3. The van der Waals surface area contributed by atoms with E-state index in [1.165, 1.54) is 11.1 Å². The molecule has 1 heterocycles. The molecule has 0 radical (unpaired) electrons. The molecule has 0 aromatic heterocycles. The standard InChI is InChI=1S/C17H20N2O2/c1-11-7-15(20-2)5-6-16(11)17(19-18)12-3-4-13-9-21-10-14(13)8-12/h3-8,17,19H,9-10,18H2,1-2H3. The maximum atomic E-state index is 5.81. The number of aryl methyl sites for hydroxylation is 1. The second-order valence-corrected chi connectivity index (χ2v) is 5.34. The first-order valence-corrected chi connectivity index (χ1v) is 7.03. The van der Waals surface area contributed by atoms with Gasteiger partial charge in [-0.1, -0.05) is 24.3 Å². The van der Waals surface area contributed by atoms with Crippen LogP contribution in [0, 0.1) is 6.92 Å². The highest BCUT2D eigenvalue weighted by molar-refractivity contribution is 5.43. The highest BCUT2D eigenvalue weighted by Gasteiger charge is 2.18. The molecule has 1 unspecified atom stereocenters. The van der Waals surface area contributed by atoms with Gasteiger partial charge in [0.15, 0.2) is 0 Å². The Morgan fingerprint density at radius 2 is 1.95 bits per heavy atom. The smallest absolute Gasteiger partial charge is 0.119 e. The van der Waals surface area contributed by atoms with Gasteiger partial charge in [0, 0.05) is 0 Å². The quantitative estimate of drug-likeness (QED) is 0.669. The van der Waals surface area contributed by atoms with Gasteiger partial charge in [-0.05, 0) is 46.9 Å². The Labute approximate surface area is 124 Å². The Kier molecular flexibility index (Phi) is 3.92. The van der Waals surface area contributed by atoms with Crippen molar-refractivity contribution in [2.45, 2.75) is 26.2 Å². The summed E-state index contributed by atoms with van der Waals surface area (Å²) in [6.45, 7) is 3.46. The molecule has 0 saturated carbocycles. The Bertz CT molecular complexity index is 655. The van der Waals surface area contributed by atoms with Gasteiger partial charge in [-0.15, -0.1) is 0 Å². The lowest BCUT2D eigenvalue weighted by atomic mass is 9.93. The third-order valence-electron chi connectivity index (χ3n) is 4.03. The van der Waals surface area contributed by atoms with E-state index in [1.807, 2.05) is 12.1 Å². The van der Waals surface area contributed by atoms with E-state index < -0.39 is 0 Å². The molecule has 1 aliphatic heterocycles. The summed E-state index contributed by atoms with van der Waals surface area (Å²) in [6.07, 6.45) is 0. The molecule has 4 heteroatoms. The Balaban J connectivity index is 1.98. The maximum Gasteiger partial charge on any atom is 0.119 e. The lowest BCUT2D eigenvalue weighted by Gasteiger charge is -2.20. The van der Waals surface area contributed by atoms with Gasteiger partial charge in [-0.25, -0.2) is 5.43 Å². The van der Waals surface area contributed by atoms with E-state index in [1.54, 1.807) is 7.11 Å². The number of fused-ring (bicyclic) bond motifs is 1. The van der Waals surface area contributed by atoms with Crippen molar-refractivity contribution in [3.05, 3.63) is 64.2 Å². The predicted octanol–water partition coefficient (Wildman–Crippen LogP) is 2.59. The highest BCUT2D eigenvalue weighted by atomic mass is 16.5. The molecule has 0 bridgehead atoms. The van der Waals surface area contributed by atoms with Crippen LogP contribution >= 0.6 is 0 Å². The van der Waals surface area contributed by atoms with Crippen LogP contribution in [0.25, 0.3) is 0 Å². The van der Waals surface area contributed by atoms with E-state index in [9.17, 15) is 0 Å². The van der Waals surface area contributed by atoms with Gasteiger partial charge in [0.05, 0.1) is 26.4 Å². The number of benzene rings is 2. The summed E-state index contributed by atoms with van der Waals surface area (Å²) in [5, 5.41) is 0. The Hall–Kier alpha value is -1.88. The SMILES string of the molecule is COc1ccc(C(NN)c2ccc3c(c2)COC3)c(C)c1. The van der Waals surface area contributed by atoms with Gasteiger partial charge < -0.3 is 9.47 Å². The first-order valence-electron chi connectivity index (χ1n) is 7.03. The maximum absolute atomic E-state index is 5.81. The van der Waals surface area contributed by atoms with Crippen molar-refractivity contribution in [3.8, 4) is 5.75 Å². The van der Waals surface area contributed by atoms with E-state index in [2.05, 4.69) is 36.6 Å². The number of hydrogen-bond donors (Lipinski definition) is 2. The number of rotatable bonds is 4. The van der Waals surface area contributed by atoms with E-state index >= 15 is 0 Å². The van der Waals surface area contributed by atoms with Crippen molar-refractivity contribution in [2.75, 3.05) is 7.11 Å². The molecule has 4 nitrogen and oxygen atoms in total.